The Hall–Kier alpha value is -4.39. The van der Waals surface area contributed by atoms with E-state index in [9.17, 15) is 4.79 Å². The van der Waals surface area contributed by atoms with Gasteiger partial charge < -0.3 is 19.6 Å². The number of nitrogens with zero attached hydrogens (tertiary/aromatic N) is 2. The molecule has 1 heterocycles. The topological polar surface area (TPSA) is 82.0 Å². The molecule has 0 aliphatic heterocycles. The summed E-state index contributed by atoms with van der Waals surface area (Å²) in [5, 5.41) is 7.45. The van der Waals surface area contributed by atoms with Gasteiger partial charge in [-0.2, -0.15) is 0 Å². The van der Waals surface area contributed by atoms with E-state index in [2.05, 4.69) is 15.5 Å². The lowest BCUT2D eigenvalue weighted by molar-refractivity contribution is -0.114. The molecular weight excluding hydrogens is 406 g/mol. The second kappa shape index (κ2) is 9.61. The van der Waals surface area contributed by atoms with E-state index in [1.165, 1.54) is 14.2 Å². The predicted octanol–water partition coefficient (Wildman–Crippen LogP) is 4.92. The Kier molecular flexibility index (Phi) is 6.27. The van der Waals surface area contributed by atoms with Gasteiger partial charge in [0, 0.05) is 24.6 Å². The van der Waals surface area contributed by atoms with Gasteiger partial charge in [-0.3, -0.25) is 4.79 Å². The van der Waals surface area contributed by atoms with Crippen LogP contribution in [-0.2, 0) is 9.63 Å². The number of pyridine rings is 1. The molecule has 0 aliphatic carbocycles. The van der Waals surface area contributed by atoms with Gasteiger partial charge in [0.15, 0.2) is 5.71 Å². The molecule has 0 saturated carbocycles. The van der Waals surface area contributed by atoms with Crippen molar-refractivity contribution in [1.82, 2.24) is 10.3 Å². The minimum absolute atomic E-state index is 0.110. The van der Waals surface area contributed by atoms with E-state index < -0.39 is 0 Å². The number of hydrogen-bond donors (Lipinski definition) is 1. The lowest BCUT2D eigenvalue weighted by Gasteiger charge is -2.13. The Morgan fingerprint density at radius 2 is 1.62 bits per heavy atom. The minimum Gasteiger partial charge on any atom is -0.457 e. The second-order valence-corrected chi connectivity index (χ2v) is 6.72. The fraction of sp³-hybridized carbons (Fsp3) is 0.0800. The number of likely N-dealkylation sites (N-methyl/N-ethyl adjacent to an activating group) is 1. The highest BCUT2D eigenvalue weighted by Gasteiger charge is 2.18. The lowest BCUT2D eigenvalue weighted by atomic mass is 10.1. The maximum absolute atomic E-state index is 12.3. The summed E-state index contributed by atoms with van der Waals surface area (Å²) < 4.78 is 12.0. The van der Waals surface area contributed by atoms with E-state index >= 15 is 0 Å². The maximum atomic E-state index is 12.3. The first-order chi connectivity index (χ1) is 15.7. The molecular formula is C25H21N3O4. The van der Waals surface area contributed by atoms with Gasteiger partial charge in [-0.1, -0.05) is 41.6 Å². The summed E-state index contributed by atoms with van der Waals surface area (Å²) in [6, 6.07) is 25.9. The van der Waals surface area contributed by atoms with Gasteiger partial charge in [0.2, 0.25) is 5.88 Å². The van der Waals surface area contributed by atoms with Gasteiger partial charge in [-0.15, -0.1) is 0 Å². The fourth-order valence-electron chi connectivity index (χ4n) is 3.13. The normalized spacial score (nSPS) is 11.1. The summed E-state index contributed by atoms with van der Waals surface area (Å²) in [7, 11) is 2.91. The average Bonchev–Trinajstić information content (AvgIpc) is 2.83. The Morgan fingerprint density at radius 1 is 0.875 bits per heavy atom. The highest BCUT2D eigenvalue weighted by atomic mass is 16.6. The van der Waals surface area contributed by atoms with Crippen molar-refractivity contribution in [1.29, 1.82) is 0 Å². The van der Waals surface area contributed by atoms with Crippen molar-refractivity contribution in [2.75, 3.05) is 14.2 Å². The van der Waals surface area contributed by atoms with Crippen LogP contribution in [0.5, 0.6) is 23.1 Å². The van der Waals surface area contributed by atoms with E-state index in [1.807, 2.05) is 54.6 Å². The number of aromatic nitrogens is 1. The fourth-order valence-corrected chi connectivity index (χ4v) is 3.13. The van der Waals surface area contributed by atoms with Gasteiger partial charge in [0.1, 0.15) is 24.4 Å². The third-order valence-electron chi connectivity index (χ3n) is 4.60. The highest BCUT2D eigenvalue weighted by molar-refractivity contribution is 6.45. The van der Waals surface area contributed by atoms with Crippen molar-refractivity contribution in [3.05, 3.63) is 90.5 Å². The quantitative estimate of drug-likeness (QED) is 0.335. The molecule has 1 aromatic heterocycles. The Bertz CT molecular complexity index is 1290. The molecule has 1 N–H and O–H groups in total. The summed E-state index contributed by atoms with van der Waals surface area (Å²) >= 11 is 0. The van der Waals surface area contributed by atoms with Crippen molar-refractivity contribution >= 4 is 22.5 Å². The molecule has 0 bridgehead atoms. The molecule has 0 radical (unpaired) electrons. The van der Waals surface area contributed by atoms with E-state index in [-0.39, 0.29) is 11.6 Å². The Morgan fingerprint density at radius 3 is 2.44 bits per heavy atom. The van der Waals surface area contributed by atoms with Gasteiger partial charge in [0.25, 0.3) is 5.91 Å². The Labute approximate surface area is 185 Å². The monoisotopic (exact) mass is 427 g/mol. The van der Waals surface area contributed by atoms with Crippen LogP contribution in [0.3, 0.4) is 0 Å². The number of amides is 1. The molecule has 0 aliphatic rings. The first kappa shape index (κ1) is 20.9. The summed E-state index contributed by atoms with van der Waals surface area (Å²) in [5.74, 6) is 1.65. The number of fused-ring (bicyclic) bond motifs is 1. The smallest absolute Gasteiger partial charge is 0.273 e. The number of rotatable bonds is 7. The number of oxime groups is 1. The largest absolute Gasteiger partial charge is 0.457 e. The van der Waals surface area contributed by atoms with E-state index in [4.69, 9.17) is 14.3 Å². The molecule has 7 heteroatoms. The lowest BCUT2D eigenvalue weighted by Crippen LogP contribution is -2.28. The molecule has 4 aromatic rings. The zero-order valence-electron chi connectivity index (χ0n) is 17.6. The minimum atomic E-state index is -0.387. The van der Waals surface area contributed by atoms with Crippen molar-refractivity contribution < 1.29 is 19.1 Å². The number of carbonyl (C=O) groups excluding carboxylic acids is 1. The van der Waals surface area contributed by atoms with Crippen LogP contribution in [0, 0.1) is 0 Å². The molecule has 160 valence electrons. The molecule has 1 amide bonds. The average molecular weight is 427 g/mol. The first-order valence-corrected chi connectivity index (χ1v) is 9.92. The van der Waals surface area contributed by atoms with Crippen LogP contribution in [0.25, 0.3) is 10.9 Å². The first-order valence-electron chi connectivity index (χ1n) is 9.92. The van der Waals surface area contributed by atoms with E-state index in [0.29, 0.717) is 28.7 Å². The molecule has 7 nitrogen and oxygen atoms in total. The SMILES string of the molecule is CNC(=O)C(=NOC)c1ccccc1Oc1cccc(Oc2ccc3ccccc3n2)c1. The molecule has 0 atom stereocenters. The van der Waals surface area contributed by atoms with Gasteiger partial charge in [-0.25, -0.2) is 4.98 Å². The van der Waals surface area contributed by atoms with Gasteiger partial charge >= 0.3 is 0 Å². The maximum Gasteiger partial charge on any atom is 0.273 e. The summed E-state index contributed by atoms with van der Waals surface area (Å²) in [6.45, 7) is 0. The van der Waals surface area contributed by atoms with Crippen LogP contribution in [0.4, 0.5) is 0 Å². The molecule has 32 heavy (non-hydrogen) atoms. The van der Waals surface area contributed by atoms with Gasteiger partial charge in [0.05, 0.1) is 11.1 Å². The number of nitrogens with one attached hydrogen (secondary N) is 1. The van der Waals surface area contributed by atoms with E-state index in [1.54, 1.807) is 30.3 Å². The van der Waals surface area contributed by atoms with Crippen LogP contribution in [0.1, 0.15) is 5.56 Å². The zero-order chi connectivity index (χ0) is 22.3. The molecule has 0 spiro atoms. The number of hydrogen-bond acceptors (Lipinski definition) is 6. The van der Waals surface area contributed by atoms with Crippen LogP contribution in [0.2, 0.25) is 0 Å². The van der Waals surface area contributed by atoms with Crippen LogP contribution < -0.4 is 14.8 Å². The number of benzene rings is 3. The molecule has 0 saturated heterocycles. The van der Waals surface area contributed by atoms with Crippen LogP contribution in [0.15, 0.2) is 90.1 Å². The van der Waals surface area contributed by atoms with E-state index in [0.717, 1.165) is 10.9 Å². The molecule has 0 unspecified atom stereocenters. The van der Waals surface area contributed by atoms with Crippen molar-refractivity contribution in [3.8, 4) is 23.1 Å². The zero-order valence-corrected chi connectivity index (χ0v) is 17.6. The molecule has 3 aromatic carbocycles. The number of para-hydroxylation sites is 2. The van der Waals surface area contributed by atoms with Crippen molar-refractivity contribution in [3.63, 3.8) is 0 Å². The summed E-state index contributed by atoms with van der Waals surface area (Å²) in [4.78, 5) is 21.6. The highest BCUT2D eigenvalue weighted by Crippen LogP contribution is 2.30. The second-order valence-electron chi connectivity index (χ2n) is 6.72. The van der Waals surface area contributed by atoms with Crippen molar-refractivity contribution in [2.24, 2.45) is 5.16 Å². The number of ether oxygens (including phenoxy) is 2. The third-order valence-corrected chi connectivity index (χ3v) is 4.60. The summed E-state index contributed by atoms with van der Waals surface area (Å²) in [6.07, 6.45) is 0. The number of carbonyl (C=O) groups is 1. The van der Waals surface area contributed by atoms with Gasteiger partial charge in [-0.05, 0) is 36.4 Å². The van der Waals surface area contributed by atoms with Crippen LogP contribution >= 0.6 is 0 Å². The molecule has 4 rings (SSSR count). The summed E-state index contributed by atoms with van der Waals surface area (Å²) in [5.41, 5.74) is 1.46. The molecule has 0 fully saturated rings. The standard InChI is InChI=1S/C25H21N3O4/c1-26-25(29)24(28-30-2)20-11-4-6-13-22(20)31-18-9-7-10-19(16-18)32-23-15-14-17-8-3-5-12-21(17)27-23/h3-16H,1-2H3,(H,26,29). The Balaban J connectivity index is 1.59. The third kappa shape index (κ3) is 4.67. The van der Waals surface area contributed by atoms with Crippen LogP contribution in [-0.4, -0.2) is 30.8 Å². The predicted molar refractivity (Wildman–Crippen MR) is 122 cm³/mol. The van der Waals surface area contributed by atoms with Crippen molar-refractivity contribution in [2.45, 2.75) is 0 Å².